The van der Waals surface area contributed by atoms with Crippen LogP contribution in [0.1, 0.15) is 30.1 Å². The lowest BCUT2D eigenvalue weighted by Gasteiger charge is -2.37. The molecule has 1 aromatic carbocycles. The summed E-state index contributed by atoms with van der Waals surface area (Å²) in [6.45, 7) is 3.72. The normalized spacial score (nSPS) is 14.6. The van der Waals surface area contributed by atoms with Gasteiger partial charge < -0.3 is 19.5 Å². The molecule has 162 valence electrons. The number of aromatic nitrogens is 2. The molecule has 0 bridgehead atoms. The van der Waals surface area contributed by atoms with Crippen LogP contribution in [0.25, 0.3) is 10.9 Å². The monoisotopic (exact) mass is 423 g/mol. The molecule has 0 unspecified atom stereocenters. The summed E-state index contributed by atoms with van der Waals surface area (Å²) in [5, 5.41) is 11.7. The zero-order valence-electron chi connectivity index (χ0n) is 17.6. The zero-order chi connectivity index (χ0) is 22.0. The van der Waals surface area contributed by atoms with E-state index in [1.807, 2.05) is 31.0 Å². The Bertz CT molecular complexity index is 1100. The first kappa shape index (κ1) is 20.6. The highest BCUT2D eigenvalue weighted by atomic mass is 16.6. The second kappa shape index (κ2) is 8.63. The van der Waals surface area contributed by atoms with E-state index < -0.39 is 4.92 Å². The van der Waals surface area contributed by atoms with Gasteiger partial charge in [-0.25, -0.2) is 4.98 Å². The Morgan fingerprint density at radius 2 is 2.13 bits per heavy atom. The first-order chi connectivity index (χ1) is 15.0. The summed E-state index contributed by atoms with van der Waals surface area (Å²) in [6.07, 6.45) is 4.99. The second-order valence-electron chi connectivity index (χ2n) is 7.58. The van der Waals surface area contributed by atoms with Crippen molar-refractivity contribution in [3.05, 3.63) is 58.4 Å². The molecule has 0 atom stereocenters. The van der Waals surface area contributed by atoms with Crippen molar-refractivity contribution in [1.29, 1.82) is 0 Å². The fourth-order valence-corrected chi connectivity index (χ4v) is 4.11. The van der Waals surface area contributed by atoms with E-state index in [-0.39, 0.29) is 17.6 Å². The number of rotatable bonds is 6. The highest BCUT2D eigenvalue weighted by Crippen LogP contribution is 2.30. The zero-order valence-corrected chi connectivity index (χ0v) is 17.6. The van der Waals surface area contributed by atoms with Gasteiger partial charge in [0.2, 0.25) is 0 Å². The van der Waals surface area contributed by atoms with E-state index in [2.05, 4.69) is 14.9 Å². The van der Waals surface area contributed by atoms with E-state index in [4.69, 9.17) is 4.74 Å². The Hall–Kier alpha value is -3.62. The number of ether oxygens (including phenoxy) is 1. The van der Waals surface area contributed by atoms with Crippen LogP contribution in [-0.4, -0.2) is 58.5 Å². The van der Waals surface area contributed by atoms with Gasteiger partial charge in [-0.1, -0.05) is 0 Å². The maximum Gasteiger partial charge on any atom is 0.270 e. The molecule has 0 saturated carbocycles. The van der Waals surface area contributed by atoms with Crippen LogP contribution in [0.2, 0.25) is 0 Å². The summed E-state index contributed by atoms with van der Waals surface area (Å²) in [4.78, 5) is 35.3. The average molecular weight is 423 g/mol. The molecular weight excluding hydrogens is 398 g/mol. The van der Waals surface area contributed by atoms with E-state index in [1.54, 1.807) is 18.5 Å². The van der Waals surface area contributed by atoms with Crippen molar-refractivity contribution in [2.45, 2.75) is 25.8 Å². The summed E-state index contributed by atoms with van der Waals surface area (Å²) < 4.78 is 5.70. The third kappa shape index (κ3) is 4.03. The molecule has 3 aromatic rings. The number of anilines is 1. The molecule has 4 rings (SSSR count). The van der Waals surface area contributed by atoms with E-state index >= 15 is 0 Å². The third-order valence-corrected chi connectivity index (χ3v) is 5.79. The van der Waals surface area contributed by atoms with Gasteiger partial charge in [0.05, 0.1) is 17.1 Å². The Labute approximate surface area is 179 Å². The van der Waals surface area contributed by atoms with Crippen molar-refractivity contribution in [3.63, 3.8) is 0 Å². The van der Waals surface area contributed by atoms with Gasteiger partial charge in [0, 0.05) is 61.6 Å². The third-order valence-electron chi connectivity index (χ3n) is 5.79. The largest absolute Gasteiger partial charge is 0.490 e. The average Bonchev–Trinajstić information content (AvgIpc) is 3.22. The van der Waals surface area contributed by atoms with Gasteiger partial charge in [-0.15, -0.1) is 0 Å². The molecule has 1 aliphatic rings. The Morgan fingerprint density at radius 3 is 2.84 bits per heavy atom. The highest BCUT2D eigenvalue weighted by molar-refractivity contribution is 6.07. The maximum atomic E-state index is 13.1. The molecule has 31 heavy (non-hydrogen) atoms. The van der Waals surface area contributed by atoms with Gasteiger partial charge in [-0.05, 0) is 38.0 Å². The number of aromatic amines is 1. The van der Waals surface area contributed by atoms with E-state index in [0.29, 0.717) is 36.2 Å². The number of nitro benzene ring substituents is 1. The number of likely N-dealkylation sites (tertiary alicyclic amines) is 1. The van der Waals surface area contributed by atoms with Gasteiger partial charge in [0.1, 0.15) is 0 Å². The van der Waals surface area contributed by atoms with Crippen LogP contribution < -0.4 is 9.64 Å². The molecule has 1 saturated heterocycles. The topological polar surface area (TPSA) is 105 Å². The van der Waals surface area contributed by atoms with Crippen molar-refractivity contribution >= 4 is 28.3 Å². The number of hydrogen-bond donors (Lipinski definition) is 1. The lowest BCUT2D eigenvalue weighted by molar-refractivity contribution is -0.384. The summed E-state index contributed by atoms with van der Waals surface area (Å²) in [5.41, 5.74) is 1.15. The Kier molecular flexibility index (Phi) is 5.75. The fourth-order valence-electron chi connectivity index (χ4n) is 4.11. The van der Waals surface area contributed by atoms with Gasteiger partial charge >= 0.3 is 0 Å². The molecule has 2 aromatic heterocycles. The van der Waals surface area contributed by atoms with Gasteiger partial charge in [0.15, 0.2) is 11.6 Å². The molecule has 1 fully saturated rings. The van der Waals surface area contributed by atoms with Crippen LogP contribution >= 0.6 is 0 Å². The van der Waals surface area contributed by atoms with Crippen LogP contribution in [0.4, 0.5) is 11.5 Å². The number of piperidine rings is 1. The first-order valence-electron chi connectivity index (χ1n) is 10.3. The minimum atomic E-state index is -0.448. The van der Waals surface area contributed by atoms with Crippen LogP contribution in [-0.2, 0) is 0 Å². The predicted molar refractivity (Wildman–Crippen MR) is 118 cm³/mol. The van der Waals surface area contributed by atoms with Crippen molar-refractivity contribution < 1.29 is 14.5 Å². The van der Waals surface area contributed by atoms with E-state index in [0.717, 1.165) is 24.4 Å². The molecule has 1 amide bonds. The lowest BCUT2D eigenvalue weighted by atomic mass is 10.0. The second-order valence-corrected chi connectivity index (χ2v) is 7.58. The highest BCUT2D eigenvalue weighted by Gasteiger charge is 2.29. The number of hydrogen-bond acceptors (Lipinski definition) is 6. The van der Waals surface area contributed by atoms with E-state index in [1.165, 1.54) is 12.1 Å². The van der Waals surface area contributed by atoms with Crippen LogP contribution in [0, 0.1) is 10.1 Å². The molecule has 1 aliphatic heterocycles. The number of nitrogens with one attached hydrogen (secondary N) is 1. The molecule has 1 N–H and O–H groups in total. The molecule has 0 aliphatic carbocycles. The maximum absolute atomic E-state index is 13.1. The number of amides is 1. The smallest absolute Gasteiger partial charge is 0.270 e. The predicted octanol–water partition coefficient (Wildman–Crippen LogP) is 3.61. The fraction of sp³-hybridized carbons (Fsp3) is 0.364. The van der Waals surface area contributed by atoms with Crippen molar-refractivity contribution in [2.24, 2.45) is 0 Å². The van der Waals surface area contributed by atoms with Gasteiger partial charge in [-0.2, -0.15) is 0 Å². The first-order valence-corrected chi connectivity index (χ1v) is 10.3. The number of carbonyl (C=O) groups excluding carboxylic acids is 1. The number of benzene rings is 1. The number of nitrogens with zero attached hydrogens (tertiary/aromatic N) is 4. The van der Waals surface area contributed by atoms with Gasteiger partial charge in [-0.3, -0.25) is 14.9 Å². The number of fused-ring (bicyclic) bond motifs is 1. The number of pyridine rings is 1. The minimum Gasteiger partial charge on any atom is -0.490 e. The summed E-state index contributed by atoms with van der Waals surface area (Å²) >= 11 is 0. The van der Waals surface area contributed by atoms with Crippen molar-refractivity contribution in [1.82, 2.24) is 14.9 Å². The summed E-state index contributed by atoms with van der Waals surface area (Å²) in [7, 11) is 2.01. The molecular formula is C22H25N5O4. The van der Waals surface area contributed by atoms with Crippen LogP contribution in [0.15, 0.2) is 42.7 Å². The standard InChI is InChI=1S/C22H25N5O4/c1-3-31-20-5-4-10-23-21(20)25(2)15-8-11-26(12-9-15)22(28)18-14-24-19-7-6-16(27(29)30)13-17(18)19/h4-7,10,13-15,24H,3,8-9,11-12H2,1-2H3. The molecule has 9 nitrogen and oxygen atoms in total. The molecule has 0 spiro atoms. The lowest BCUT2D eigenvalue weighted by Crippen LogP contribution is -2.46. The summed E-state index contributed by atoms with van der Waals surface area (Å²) in [5.74, 6) is 1.45. The number of nitro groups is 1. The minimum absolute atomic E-state index is 0.0260. The number of non-ortho nitro benzene ring substituents is 1. The summed E-state index contributed by atoms with van der Waals surface area (Å²) in [6, 6.07) is 8.53. The molecule has 9 heteroatoms. The Morgan fingerprint density at radius 1 is 1.35 bits per heavy atom. The van der Waals surface area contributed by atoms with Crippen molar-refractivity contribution in [2.75, 3.05) is 31.6 Å². The molecule has 0 radical (unpaired) electrons. The van der Waals surface area contributed by atoms with Crippen LogP contribution in [0.5, 0.6) is 5.75 Å². The quantitative estimate of drug-likeness (QED) is 0.480. The molecule has 3 heterocycles. The van der Waals surface area contributed by atoms with Gasteiger partial charge in [0.25, 0.3) is 11.6 Å². The SMILES string of the molecule is CCOc1cccnc1N(C)C1CCN(C(=O)c2c[nH]c3ccc([N+](=O)[O-])cc23)CC1. The van der Waals surface area contributed by atoms with Crippen molar-refractivity contribution in [3.8, 4) is 5.75 Å². The number of H-pyrrole nitrogens is 1. The van der Waals surface area contributed by atoms with Crippen LogP contribution in [0.3, 0.4) is 0 Å². The van der Waals surface area contributed by atoms with E-state index in [9.17, 15) is 14.9 Å². The Balaban J connectivity index is 1.47. The number of carbonyl (C=O) groups is 1.